The van der Waals surface area contributed by atoms with Crippen molar-refractivity contribution in [1.82, 2.24) is 15.2 Å². The van der Waals surface area contributed by atoms with E-state index in [1.807, 2.05) is 11.8 Å². The van der Waals surface area contributed by atoms with Crippen LogP contribution in [0.4, 0.5) is 0 Å². The molecule has 1 saturated heterocycles. The maximum Gasteiger partial charge on any atom is 0.254 e. The van der Waals surface area contributed by atoms with Gasteiger partial charge in [-0.3, -0.25) is 9.69 Å². The van der Waals surface area contributed by atoms with Crippen LogP contribution in [0, 0.1) is 0 Å². The summed E-state index contributed by atoms with van der Waals surface area (Å²) in [7, 11) is 0. The summed E-state index contributed by atoms with van der Waals surface area (Å²) in [6, 6.07) is 1.68. The lowest BCUT2D eigenvalue weighted by Gasteiger charge is -2.26. The zero-order valence-corrected chi connectivity index (χ0v) is 13.5. The Labute approximate surface area is 130 Å². The normalized spacial score (nSPS) is 16.3. The third kappa shape index (κ3) is 4.63. The quantitative estimate of drug-likeness (QED) is 0.833. The number of rotatable bonds is 4. The van der Waals surface area contributed by atoms with E-state index in [4.69, 9.17) is 11.6 Å². The number of nitrogens with zero attached hydrogens (tertiary/aromatic N) is 2. The number of aromatic nitrogens is 1. The van der Waals surface area contributed by atoms with Gasteiger partial charge in [-0.05, 0) is 22.0 Å². The number of hydrogen-bond acceptors (Lipinski definition) is 4. The Balaban J connectivity index is 1.82. The molecule has 7 heteroatoms. The monoisotopic (exact) mass is 363 g/mol. The molecule has 2 heterocycles. The van der Waals surface area contributed by atoms with Crippen molar-refractivity contribution in [2.45, 2.75) is 0 Å². The first kappa shape index (κ1) is 15.1. The van der Waals surface area contributed by atoms with E-state index in [0.717, 1.165) is 24.1 Å². The highest BCUT2D eigenvalue weighted by atomic mass is 79.9. The van der Waals surface area contributed by atoms with Gasteiger partial charge in [0.1, 0.15) is 5.15 Å². The number of carbonyl (C=O) groups is 1. The smallest absolute Gasteiger partial charge is 0.254 e. The van der Waals surface area contributed by atoms with Gasteiger partial charge in [-0.1, -0.05) is 11.6 Å². The molecule has 1 fully saturated rings. The van der Waals surface area contributed by atoms with Crippen molar-refractivity contribution in [2.24, 2.45) is 0 Å². The molecule has 0 saturated carbocycles. The zero-order valence-electron chi connectivity index (χ0n) is 10.4. The Morgan fingerprint density at radius 1 is 1.53 bits per heavy atom. The van der Waals surface area contributed by atoms with Gasteiger partial charge in [0.15, 0.2) is 0 Å². The molecule has 1 aromatic heterocycles. The number of nitrogens with one attached hydrogen (secondary N) is 1. The van der Waals surface area contributed by atoms with Crippen LogP contribution in [-0.4, -0.2) is 53.5 Å². The average Bonchev–Trinajstić information content (AvgIpc) is 2.42. The molecule has 1 amide bonds. The van der Waals surface area contributed by atoms with Gasteiger partial charge in [-0.25, -0.2) is 4.98 Å². The van der Waals surface area contributed by atoms with E-state index in [0.29, 0.717) is 12.1 Å². The van der Waals surface area contributed by atoms with Crippen LogP contribution in [-0.2, 0) is 0 Å². The van der Waals surface area contributed by atoms with Crippen molar-refractivity contribution in [3.05, 3.63) is 27.5 Å². The minimum absolute atomic E-state index is 0.176. The second kappa shape index (κ2) is 7.47. The Morgan fingerprint density at radius 2 is 2.26 bits per heavy atom. The minimum Gasteiger partial charge on any atom is -0.351 e. The number of thioether (sulfide) groups is 1. The minimum atomic E-state index is -0.176. The molecule has 1 aliphatic heterocycles. The number of pyridine rings is 1. The highest BCUT2D eigenvalue weighted by Gasteiger charge is 2.13. The van der Waals surface area contributed by atoms with Crippen LogP contribution >= 0.6 is 39.3 Å². The Kier molecular flexibility index (Phi) is 5.94. The van der Waals surface area contributed by atoms with Crippen molar-refractivity contribution in [3.8, 4) is 0 Å². The lowest BCUT2D eigenvalue weighted by molar-refractivity contribution is 0.0948. The maximum atomic E-state index is 12.0. The third-order valence-electron chi connectivity index (χ3n) is 2.87. The van der Waals surface area contributed by atoms with Crippen molar-refractivity contribution >= 4 is 45.2 Å². The lowest BCUT2D eigenvalue weighted by atomic mass is 10.2. The van der Waals surface area contributed by atoms with Gasteiger partial charge >= 0.3 is 0 Å². The predicted octanol–water partition coefficient (Wildman–Crippen LogP) is 2.28. The highest BCUT2D eigenvalue weighted by molar-refractivity contribution is 9.10. The van der Waals surface area contributed by atoms with Crippen molar-refractivity contribution in [1.29, 1.82) is 0 Å². The molecule has 0 spiro atoms. The standard InChI is InChI=1S/C12H15BrClN3OS/c13-9-7-10(11(14)16-8-9)12(18)15-1-2-17-3-5-19-6-4-17/h7-8H,1-6H2,(H,15,18). The molecule has 2 rings (SSSR count). The summed E-state index contributed by atoms with van der Waals surface area (Å²) in [4.78, 5) is 18.3. The molecule has 1 N–H and O–H groups in total. The van der Waals surface area contributed by atoms with Crippen LogP contribution in [0.3, 0.4) is 0 Å². The van der Waals surface area contributed by atoms with Gasteiger partial charge in [0.2, 0.25) is 0 Å². The first-order valence-electron chi connectivity index (χ1n) is 6.06. The van der Waals surface area contributed by atoms with Crippen molar-refractivity contribution in [3.63, 3.8) is 0 Å². The van der Waals surface area contributed by atoms with E-state index >= 15 is 0 Å². The summed E-state index contributed by atoms with van der Waals surface area (Å²) in [6.07, 6.45) is 1.57. The molecule has 0 atom stereocenters. The van der Waals surface area contributed by atoms with Crippen LogP contribution in [0.25, 0.3) is 0 Å². The fourth-order valence-electron chi connectivity index (χ4n) is 1.83. The summed E-state index contributed by atoms with van der Waals surface area (Å²) >= 11 is 11.2. The maximum absolute atomic E-state index is 12.0. The summed E-state index contributed by atoms with van der Waals surface area (Å²) in [5.41, 5.74) is 0.408. The molecular weight excluding hydrogens is 350 g/mol. The van der Waals surface area contributed by atoms with Crippen LogP contribution < -0.4 is 5.32 Å². The van der Waals surface area contributed by atoms with E-state index in [9.17, 15) is 4.79 Å². The topological polar surface area (TPSA) is 45.2 Å². The van der Waals surface area contributed by atoms with Crippen molar-refractivity contribution in [2.75, 3.05) is 37.7 Å². The first-order valence-corrected chi connectivity index (χ1v) is 8.39. The molecule has 0 radical (unpaired) electrons. The van der Waals surface area contributed by atoms with Gasteiger partial charge in [0.25, 0.3) is 5.91 Å². The van der Waals surface area contributed by atoms with Crippen LogP contribution in [0.2, 0.25) is 5.15 Å². The van der Waals surface area contributed by atoms with Gasteiger partial charge in [-0.2, -0.15) is 11.8 Å². The van der Waals surface area contributed by atoms with E-state index in [-0.39, 0.29) is 11.1 Å². The van der Waals surface area contributed by atoms with Gasteiger partial charge in [0, 0.05) is 48.4 Å². The average molecular weight is 365 g/mol. The molecular formula is C12H15BrClN3OS. The second-order valence-electron chi connectivity index (χ2n) is 4.20. The molecule has 4 nitrogen and oxygen atoms in total. The number of carbonyl (C=O) groups excluding carboxylic acids is 1. The van der Waals surface area contributed by atoms with E-state index < -0.39 is 0 Å². The van der Waals surface area contributed by atoms with Crippen molar-refractivity contribution < 1.29 is 4.79 Å². The fourth-order valence-corrected chi connectivity index (χ4v) is 3.33. The van der Waals surface area contributed by atoms with E-state index in [1.54, 1.807) is 12.3 Å². The summed E-state index contributed by atoms with van der Waals surface area (Å²) in [6.45, 7) is 3.71. The lowest BCUT2D eigenvalue weighted by Crippen LogP contribution is -2.39. The summed E-state index contributed by atoms with van der Waals surface area (Å²) in [5.74, 6) is 2.18. The Hall–Kier alpha value is -0.300. The number of halogens is 2. The van der Waals surface area contributed by atoms with Gasteiger partial charge < -0.3 is 5.32 Å². The third-order valence-corrected chi connectivity index (χ3v) is 4.54. The summed E-state index contributed by atoms with van der Waals surface area (Å²) in [5, 5.41) is 3.11. The Morgan fingerprint density at radius 3 is 3.00 bits per heavy atom. The number of hydrogen-bond donors (Lipinski definition) is 1. The van der Waals surface area contributed by atoms with Crippen LogP contribution in [0.5, 0.6) is 0 Å². The fraction of sp³-hybridized carbons (Fsp3) is 0.500. The largest absolute Gasteiger partial charge is 0.351 e. The predicted molar refractivity (Wildman–Crippen MR) is 83.0 cm³/mol. The number of amides is 1. The molecule has 104 valence electrons. The molecule has 0 aromatic carbocycles. The van der Waals surface area contributed by atoms with E-state index in [1.165, 1.54) is 11.5 Å². The molecule has 1 aromatic rings. The van der Waals surface area contributed by atoms with Gasteiger partial charge in [0.05, 0.1) is 5.56 Å². The molecule has 0 bridgehead atoms. The first-order chi connectivity index (χ1) is 9.16. The zero-order chi connectivity index (χ0) is 13.7. The molecule has 0 aliphatic carbocycles. The second-order valence-corrected chi connectivity index (χ2v) is 6.70. The molecule has 1 aliphatic rings. The highest BCUT2D eigenvalue weighted by Crippen LogP contribution is 2.17. The Bertz CT molecular complexity index is 455. The van der Waals surface area contributed by atoms with Crippen LogP contribution in [0.15, 0.2) is 16.7 Å². The van der Waals surface area contributed by atoms with E-state index in [2.05, 4.69) is 31.1 Å². The molecule has 0 unspecified atom stereocenters. The summed E-state index contributed by atoms with van der Waals surface area (Å²) < 4.78 is 0.745. The van der Waals surface area contributed by atoms with Crippen LogP contribution in [0.1, 0.15) is 10.4 Å². The SMILES string of the molecule is O=C(NCCN1CCSCC1)c1cc(Br)cnc1Cl. The van der Waals surface area contributed by atoms with Gasteiger partial charge in [-0.15, -0.1) is 0 Å². The molecule has 19 heavy (non-hydrogen) atoms.